The zero-order chi connectivity index (χ0) is 19.6. The summed E-state index contributed by atoms with van der Waals surface area (Å²) in [4.78, 5) is 28.7. The summed E-state index contributed by atoms with van der Waals surface area (Å²) in [7, 11) is 1.80. The summed E-state index contributed by atoms with van der Waals surface area (Å²) in [6.07, 6.45) is 1.14. The normalized spacial score (nSPS) is 17.4. The average Bonchev–Trinajstić information content (AvgIpc) is 2.65. The number of amides is 2. The minimum Gasteiger partial charge on any atom is -0.486 e. The summed E-state index contributed by atoms with van der Waals surface area (Å²) in [6, 6.07) is 5.45. The van der Waals surface area contributed by atoms with Crippen molar-refractivity contribution < 1.29 is 23.8 Å². The van der Waals surface area contributed by atoms with Crippen molar-refractivity contribution in [1.82, 2.24) is 9.80 Å². The predicted molar refractivity (Wildman–Crippen MR) is 100 cm³/mol. The van der Waals surface area contributed by atoms with E-state index in [-0.39, 0.29) is 18.0 Å². The minimum atomic E-state index is -0.505. The lowest BCUT2D eigenvalue weighted by molar-refractivity contribution is 0.0159. The molecule has 0 atom stereocenters. The zero-order valence-electron chi connectivity index (χ0n) is 16.5. The Hall–Kier alpha value is -2.44. The van der Waals surface area contributed by atoms with Crippen molar-refractivity contribution in [2.45, 2.75) is 45.3 Å². The van der Waals surface area contributed by atoms with Crippen LogP contribution >= 0.6 is 0 Å². The lowest BCUT2D eigenvalue weighted by Crippen LogP contribution is -2.48. The van der Waals surface area contributed by atoms with Crippen LogP contribution in [0.25, 0.3) is 0 Å². The van der Waals surface area contributed by atoms with Gasteiger partial charge >= 0.3 is 6.09 Å². The van der Waals surface area contributed by atoms with E-state index in [1.165, 1.54) is 0 Å². The SMILES string of the molecule is CN(C(=O)c1cccc2c1OCCO2)C1CCN(C(=O)OC(C)(C)C)CC1. The van der Waals surface area contributed by atoms with Crippen LogP contribution in [-0.2, 0) is 4.74 Å². The molecule has 2 amide bonds. The Balaban J connectivity index is 1.62. The molecule has 148 valence electrons. The second-order valence-electron chi connectivity index (χ2n) is 7.94. The van der Waals surface area contributed by atoms with Crippen LogP contribution in [0.5, 0.6) is 11.5 Å². The highest BCUT2D eigenvalue weighted by Crippen LogP contribution is 2.34. The molecule has 2 heterocycles. The molecule has 1 saturated heterocycles. The standard InChI is InChI=1S/C20H28N2O5/c1-20(2,3)27-19(24)22-10-8-14(9-11-22)21(4)18(23)15-6-5-7-16-17(15)26-13-12-25-16/h5-7,14H,8-13H2,1-4H3. The predicted octanol–water partition coefficient (Wildman–Crippen LogP) is 2.93. The molecule has 1 aromatic carbocycles. The van der Waals surface area contributed by atoms with E-state index in [1.807, 2.05) is 26.8 Å². The molecule has 7 heteroatoms. The highest BCUT2D eigenvalue weighted by atomic mass is 16.6. The van der Waals surface area contributed by atoms with Gasteiger partial charge in [0.25, 0.3) is 5.91 Å². The van der Waals surface area contributed by atoms with Gasteiger partial charge in [0.15, 0.2) is 11.5 Å². The molecule has 0 unspecified atom stereocenters. The first kappa shape index (κ1) is 19.3. The van der Waals surface area contributed by atoms with Crippen molar-refractivity contribution in [3.63, 3.8) is 0 Å². The Morgan fingerprint density at radius 1 is 1.15 bits per heavy atom. The van der Waals surface area contributed by atoms with Crippen LogP contribution in [-0.4, -0.2) is 66.8 Å². The van der Waals surface area contributed by atoms with E-state index >= 15 is 0 Å². The molecule has 0 bridgehead atoms. The molecule has 1 aromatic rings. The van der Waals surface area contributed by atoms with Crippen LogP contribution in [0.4, 0.5) is 4.79 Å². The van der Waals surface area contributed by atoms with Crippen LogP contribution < -0.4 is 9.47 Å². The van der Waals surface area contributed by atoms with Crippen LogP contribution in [0.1, 0.15) is 44.0 Å². The van der Waals surface area contributed by atoms with E-state index in [1.54, 1.807) is 29.0 Å². The van der Waals surface area contributed by atoms with Crippen molar-refractivity contribution in [1.29, 1.82) is 0 Å². The minimum absolute atomic E-state index is 0.0663. The Kier molecular flexibility index (Phi) is 5.48. The number of fused-ring (bicyclic) bond motifs is 1. The summed E-state index contributed by atoms with van der Waals surface area (Å²) < 4.78 is 16.7. The molecular weight excluding hydrogens is 348 g/mol. The highest BCUT2D eigenvalue weighted by molar-refractivity contribution is 5.98. The Morgan fingerprint density at radius 3 is 2.48 bits per heavy atom. The molecule has 0 N–H and O–H groups in total. The third-order valence-corrected chi connectivity index (χ3v) is 4.78. The number of ether oxygens (including phenoxy) is 3. The third kappa shape index (κ3) is 4.46. The van der Waals surface area contributed by atoms with Gasteiger partial charge in [-0.2, -0.15) is 0 Å². The fraction of sp³-hybridized carbons (Fsp3) is 0.600. The highest BCUT2D eigenvalue weighted by Gasteiger charge is 2.31. The van der Waals surface area contributed by atoms with E-state index in [9.17, 15) is 9.59 Å². The number of carbonyl (C=O) groups is 2. The number of hydrogen-bond donors (Lipinski definition) is 0. The summed E-state index contributed by atoms with van der Waals surface area (Å²) in [6.45, 7) is 7.65. The summed E-state index contributed by atoms with van der Waals surface area (Å²) >= 11 is 0. The third-order valence-electron chi connectivity index (χ3n) is 4.78. The number of carbonyl (C=O) groups excluding carboxylic acids is 2. The van der Waals surface area contributed by atoms with E-state index in [0.717, 1.165) is 0 Å². The molecule has 2 aliphatic heterocycles. The van der Waals surface area contributed by atoms with Gasteiger partial charge in [0.1, 0.15) is 18.8 Å². The van der Waals surface area contributed by atoms with Crippen LogP contribution in [0, 0.1) is 0 Å². The molecule has 7 nitrogen and oxygen atoms in total. The fourth-order valence-electron chi connectivity index (χ4n) is 3.36. The molecule has 1 fully saturated rings. The van der Waals surface area contributed by atoms with Gasteiger partial charge in [-0.3, -0.25) is 4.79 Å². The quantitative estimate of drug-likeness (QED) is 0.794. The lowest BCUT2D eigenvalue weighted by Gasteiger charge is -2.37. The monoisotopic (exact) mass is 376 g/mol. The average molecular weight is 376 g/mol. The van der Waals surface area contributed by atoms with Crippen molar-refractivity contribution in [3.05, 3.63) is 23.8 Å². The zero-order valence-corrected chi connectivity index (χ0v) is 16.5. The maximum atomic E-state index is 13.0. The van der Waals surface area contributed by atoms with Gasteiger partial charge in [-0.05, 0) is 45.7 Å². The van der Waals surface area contributed by atoms with Gasteiger partial charge in [-0.25, -0.2) is 4.79 Å². The number of hydrogen-bond acceptors (Lipinski definition) is 5. The molecule has 0 spiro atoms. The molecule has 2 aliphatic rings. The molecule has 0 aliphatic carbocycles. The Morgan fingerprint density at radius 2 is 1.81 bits per heavy atom. The number of likely N-dealkylation sites (tertiary alicyclic amines) is 1. The number of rotatable bonds is 2. The van der Waals surface area contributed by atoms with E-state index in [4.69, 9.17) is 14.2 Å². The number of para-hydroxylation sites is 1. The molecule has 0 radical (unpaired) electrons. The molecule has 27 heavy (non-hydrogen) atoms. The van der Waals surface area contributed by atoms with Crippen LogP contribution in [0.3, 0.4) is 0 Å². The summed E-state index contributed by atoms with van der Waals surface area (Å²) in [5.41, 5.74) is 0.0130. The van der Waals surface area contributed by atoms with Crippen LogP contribution in [0.2, 0.25) is 0 Å². The summed E-state index contributed by atoms with van der Waals surface area (Å²) in [5, 5.41) is 0. The van der Waals surface area contributed by atoms with E-state index < -0.39 is 5.60 Å². The first-order valence-corrected chi connectivity index (χ1v) is 9.40. The second kappa shape index (κ2) is 7.66. The number of piperidine rings is 1. The topological polar surface area (TPSA) is 68.3 Å². The number of benzene rings is 1. The maximum Gasteiger partial charge on any atom is 0.410 e. The molecule has 0 aromatic heterocycles. The number of nitrogens with zero attached hydrogens (tertiary/aromatic N) is 2. The van der Waals surface area contributed by atoms with Gasteiger partial charge in [0, 0.05) is 26.2 Å². The van der Waals surface area contributed by atoms with Crippen molar-refractivity contribution in [2.75, 3.05) is 33.4 Å². The Bertz CT molecular complexity index is 705. The van der Waals surface area contributed by atoms with Gasteiger partial charge in [0.2, 0.25) is 0 Å². The van der Waals surface area contributed by atoms with Crippen molar-refractivity contribution >= 4 is 12.0 Å². The maximum absolute atomic E-state index is 13.0. The van der Waals surface area contributed by atoms with Gasteiger partial charge in [0.05, 0.1) is 5.56 Å². The van der Waals surface area contributed by atoms with Crippen molar-refractivity contribution in [3.8, 4) is 11.5 Å². The largest absolute Gasteiger partial charge is 0.486 e. The summed E-state index contributed by atoms with van der Waals surface area (Å²) in [5.74, 6) is 1.04. The van der Waals surface area contributed by atoms with Gasteiger partial charge in [-0.1, -0.05) is 6.07 Å². The molecule has 3 rings (SSSR count). The first-order valence-electron chi connectivity index (χ1n) is 9.40. The van der Waals surface area contributed by atoms with E-state index in [2.05, 4.69) is 0 Å². The molecule has 0 saturated carbocycles. The van der Waals surface area contributed by atoms with Crippen LogP contribution in [0.15, 0.2) is 18.2 Å². The van der Waals surface area contributed by atoms with Gasteiger partial charge in [-0.15, -0.1) is 0 Å². The lowest BCUT2D eigenvalue weighted by atomic mass is 10.0. The fourth-order valence-corrected chi connectivity index (χ4v) is 3.36. The van der Waals surface area contributed by atoms with Gasteiger partial charge < -0.3 is 24.0 Å². The second-order valence-corrected chi connectivity index (χ2v) is 7.94. The first-order chi connectivity index (χ1) is 12.8. The smallest absolute Gasteiger partial charge is 0.410 e. The van der Waals surface area contributed by atoms with Crippen molar-refractivity contribution in [2.24, 2.45) is 0 Å². The van der Waals surface area contributed by atoms with E-state index in [0.29, 0.717) is 56.2 Å². The molecular formula is C20H28N2O5. The Labute approximate surface area is 160 Å².